The van der Waals surface area contributed by atoms with E-state index in [0.717, 1.165) is 12.1 Å². The average molecular weight is 313 g/mol. The van der Waals surface area contributed by atoms with Gasteiger partial charge in [-0.3, -0.25) is 4.79 Å². The highest BCUT2D eigenvalue weighted by Crippen LogP contribution is 2.30. The second kappa shape index (κ2) is 7.20. The van der Waals surface area contributed by atoms with Crippen molar-refractivity contribution in [1.82, 2.24) is 4.98 Å². The average Bonchev–Trinajstić information content (AvgIpc) is 2.87. The molecule has 0 aliphatic carbocycles. The van der Waals surface area contributed by atoms with E-state index in [4.69, 9.17) is 7.85 Å². The molecule has 0 bridgehead atoms. The summed E-state index contributed by atoms with van der Waals surface area (Å²) in [6.07, 6.45) is 0.587. The molecule has 3 rings (SSSR count). The quantitative estimate of drug-likeness (QED) is 0.584. The first kappa shape index (κ1) is 16.9. The first-order valence-corrected chi connectivity index (χ1v) is 6.73. The van der Waals surface area contributed by atoms with Crippen LogP contribution in [0.1, 0.15) is 10.4 Å². The van der Waals surface area contributed by atoms with Crippen LogP contribution in [0.2, 0.25) is 0 Å². The molecule has 0 saturated carbocycles. The Labute approximate surface area is 133 Å². The van der Waals surface area contributed by atoms with E-state index in [1.54, 1.807) is 38.5 Å². The van der Waals surface area contributed by atoms with Crippen LogP contribution in [0.15, 0.2) is 36.4 Å². The number of nitrogens with one attached hydrogen (secondary N) is 1. The number of hydrogen-bond acceptors (Lipinski definition) is 2. The highest BCUT2D eigenvalue weighted by atomic mass is 19.1. The molecule has 0 saturated heterocycles. The molecule has 0 spiro atoms. The van der Waals surface area contributed by atoms with Gasteiger partial charge in [-0.25, -0.2) is 8.78 Å². The molecule has 6 heteroatoms. The molecule has 2 aromatic carbocycles. The number of benzene rings is 2. The summed E-state index contributed by atoms with van der Waals surface area (Å²) in [5, 5.41) is 0.226. The van der Waals surface area contributed by atoms with Crippen LogP contribution in [0.5, 0.6) is 0 Å². The van der Waals surface area contributed by atoms with Crippen LogP contribution < -0.4 is 5.46 Å². The van der Waals surface area contributed by atoms with Crippen molar-refractivity contribution in [1.29, 1.82) is 0 Å². The van der Waals surface area contributed by atoms with Crippen molar-refractivity contribution >= 4 is 30.5 Å². The molecule has 0 unspecified atom stereocenters. The van der Waals surface area contributed by atoms with Crippen LogP contribution in [-0.2, 0) is 4.74 Å². The topological polar surface area (TPSA) is 42.1 Å². The predicted molar refractivity (Wildman–Crippen MR) is 87.4 cm³/mol. The second-order valence-corrected chi connectivity index (χ2v) is 4.87. The number of methoxy groups -OCH3 is 1. The number of rotatable bonds is 2. The molecule has 1 N–H and O–H groups in total. The van der Waals surface area contributed by atoms with Crippen LogP contribution >= 0.6 is 0 Å². The fourth-order valence-corrected chi connectivity index (χ4v) is 2.24. The predicted octanol–water partition coefficient (Wildman–Crippen LogP) is 2.98. The molecular weight excluding hydrogens is 299 g/mol. The van der Waals surface area contributed by atoms with Gasteiger partial charge in [0.2, 0.25) is 0 Å². The monoisotopic (exact) mass is 313 g/mol. The van der Waals surface area contributed by atoms with Gasteiger partial charge in [0.1, 0.15) is 19.5 Å². The number of hydrogen-bond donors (Lipinski definition) is 1. The van der Waals surface area contributed by atoms with Crippen molar-refractivity contribution in [3.8, 4) is 11.3 Å². The fraction of sp³-hybridized carbons (Fsp3) is 0.118. The van der Waals surface area contributed by atoms with E-state index in [1.807, 2.05) is 0 Å². The molecule has 1 aromatic heterocycles. The Morgan fingerprint density at radius 3 is 2.30 bits per heavy atom. The van der Waals surface area contributed by atoms with E-state index in [2.05, 4.69) is 9.72 Å². The minimum Gasteiger partial charge on any atom is -0.388 e. The number of H-pyrrole nitrogens is 1. The number of halogens is 2. The van der Waals surface area contributed by atoms with Gasteiger partial charge in [-0.15, -0.1) is 0 Å². The van der Waals surface area contributed by atoms with Crippen molar-refractivity contribution < 1.29 is 18.3 Å². The number of aromatic nitrogens is 1. The van der Waals surface area contributed by atoms with Crippen LogP contribution in [0.3, 0.4) is 0 Å². The highest BCUT2D eigenvalue weighted by Gasteiger charge is 2.16. The zero-order valence-electron chi connectivity index (χ0n) is 12.7. The minimum atomic E-state index is -0.732. The summed E-state index contributed by atoms with van der Waals surface area (Å²) in [4.78, 5) is 14.1. The molecule has 0 aliphatic heterocycles. The van der Waals surface area contributed by atoms with Gasteiger partial charge in [0.25, 0.3) is 0 Å². The maximum Gasteiger partial charge on any atom is 0.152 e. The molecule has 23 heavy (non-hydrogen) atoms. The van der Waals surface area contributed by atoms with E-state index in [-0.39, 0.29) is 16.5 Å². The zero-order chi connectivity index (χ0) is 17.0. The van der Waals surface area contributed by atoms with Gasteiger partial charge in [0.05, 0.1) is 11.2 Å². The number of aldehydes is 1. The second-order valence-electron chi connectivity index (χ2n) is 4.87. The van der Waals surface area contributed by atoms with Gasteiger partial charge in [-0.05, 0) is 11.6 Å². The van der Waals surface area contributed by atoms with Gasteiger partial charge in [0, 0.05) is 31.2 Å². The third-order valence-corrected chi connectivity index (χ3v) is 3.18. The Kier molecular flexibility index (Phi) is 5.29. The van der Waals surface area contributed by atoms with Crippen LogP contribution in [0.25, 0.3) is 22.2 Å². The number of carbonyl (C=O) groups excluding carboxylic acids is 1. The lowest BCUT2D eigenvalue weighted by Gasteiger charge is -2.00. The maximum atomic E-state index is 13.7. The largest absolute Gasteiger partial charge is 0.388 e. The summed E-state index contributed by atoms with van der Waals surface area (Å²) >= 11 is 0. The summed E-state index contributed by atoms with van der Waals surface area (Å²) in [6, 6.07) is 8.68. The van der Waals surface area contributed by atoms with E-state index in [9.17, 15) is 13.6 Å². The van der Waals surface area contributed by atoms with Gasteiger partial charge < -0.3 is 9.72 Å². The lowest BCUT2D eigenvalue weighted by Crippen LogP contribution is -1.99. The van der Waals surface area contributed by atoms with Gasteiger partial charge in [-0.2, -0.15) is 0 Å². The molecule has 1 heterocycles. The first-order valence-electron chi connectivity index (χ1n) is 6.73. The lowest BCUT2D eigenvalue weighted by molar-refractivity contribution is 0.112. The third kappa shape index (κ3) is 3.48. The molecular formula is C17H14BF2NO2. The summed E-state index contributed by atoms with van der Waals surface area (Å²) in [6.45, 7) is 0. The summed E-state index contributed by atoms with van der Waals surface area (Å²) < 4.78 is 31.3. The number of fused-ring (bicyclic) bond motifs is 1. The smallest absolute Gasteiger partial charge is 0.152 e. The molecule has 0 fully saturated rings. The zero-order valence-corrected chi connectivity index (χ0v) is 12.7. The molecule has 0 atom stereocenters. The Balaban J connectivity index is 0.000000595. The van der Waals surface area contributed by atoms with Crippen molar-refractivity contribution in [3.63, 3.8) is 0 Å². The number of carbonyl (C=O) groups is 1. The van der Waals surface area contributed by atoms with Crippen molar-refractivity contribution in [2.75, 3.05) is 14.2 Å². The van der Waals surface area contributed by atoms with Gasteiger partial charge >= 0.3 is 0 Å². The van der Waals surface area contributed by atoms with Gasteiger partial charge in [0.15, 0.2) is 6.29 Å². The SMILES string of the molecule is COC.[B]c1ccc(-c2[nH]c3c(F)cc(F)cc3c2C=O)cc1. The summed E-state index contributed by atoms with van der Waals surface area (Å²) in [5.41, 5.74) is 2.04. The minimum absolute atomic E-state index is 0.111. The van der Waals surface area contributed by atoms with Crippen molar-refractivity contribution in [3.05, 3.63) is 53.6 Å². The maximum absolute atomic E-state index is 13.7. The summed E-state index contributed by atoms with van der Waals surface area (Å²) in [7, 11) is 8.86. The van der Waals surface area contributed by atoms with E-state index in [0.29, 0.717) is 23.0 Å². The van der Waals surface area contributed by atoms with Crippen molar-refractivity contribution in [2.24, 2.45) is 0 Å². The lowest BCUT2D eigenvalue weighted by atomic mass is 9.94. The van der Waals surface area contributed by atoms with Crippen LogP contribution in [0.4, 0.5) is 8.78 Å². The standard InChI is InChI=1S/C15H8BF2NO.C2H6O/c16-9-3-1-8(2-4-9)14-12(7-20)11-5-10(17)6-13(18)15(11)19-14;1-3-2/h1-7,19H;1-2H3. The Hall–Kier alpha value is -2.47. The Morgan fingerprint density at radius 1 is 1.13 bits per heavy atom. The molecule has 0 aliphatic rings. The normalized spacial score (nSPS) is 10.3. The van der Waals surface area contributed by atoms with E-state index in [1.165, 1.54) is 0 Å². The number of ether oxygens (including phenoxy) is 1. The molecule has 3 aromatic rings. The highest BCUT2D eigenvalue weighted by molar-refractivity contribution is 6.32. The van der Waals surface area contributed by atoms with Crippen molar-refractivity contribution in [2.45, 2.75) is 0 Å². The molecule has 0 amide bonds. The molecule has 116 valence electrons. The van der Waals surface area contributed by atoms with Crippen LogP contribution in [-0.4, -0.2) is 33.3 Å². The molecule has 3 nitrogen and oxygen atoms in total. The number of aromatic amines is 1. The van der Waals surface area contributed by atoms with Gasteiger partial charge in [-0.1, -0.05) is 29.7 Å². The van der Waals surface area contributed by atoms with Crippen LogP contribution in [0, 0.1) is 11.6 Å². The Morgan fingerprint density at radius 2 is 1.74 bits per heavy atom. The Bertz CT molecular complexity index is 829. The first-order chi connectivity index (χ1) is 11.0. The summed E-state index contributed by atoms with van der Waals surface area (Å²) in [5.74, 6) is -1.45. The third-order valence-electron chi connectivity index (χ3n) is 3.18. The fourth-order valence-electron chi connectivity index (χ4n) is 2.24. The van der Waals surface area contributed by atoms with E-state index >= 15 is 0 Å². The van der Waals surface area contributed by atoms with E-state index < -0.39 is 11.6 Å². The molecule has 2 radical (unpaired) electrons.